The highest BCUT2D eigenvalue weighted by Crippen LogP contribution is 2.29. The van der Waals surface area contributed by atoms with Crippen molar-refractivity contribution < 1.29 is 90.2 Å². The molecule has 19 heteroatoms. The standard InChI is InChI=1S/C67H107NO18/c1-6-7-25-49-26-18-19-34-59(77)47(4)63(80)45(2)24-16-14-12-10-8-9-11-13-15-17-35-62(79)85-58(33-22-29-50(69)27-20-28-51(70)32-23-38-68)43-56(75)41-54(73)39-52(71)30-21-31-53(72)40-55(74)42-57(76)44-60(78)46(3)61(37-36-49)86-67-66(83)65(82)64(81)48(5)84-67/h6,8-16,19-22,24,27,31,33-34,36,45-48,50-59,61,63-67,69-77,80-83H,1,7,17-18,23,25-26,28-30,32,35,37-44,68H2,2-5H3/b10-8+,11-9+,14-12-,15-13+,24-16+,27-20+,31-21+,33-22+,34-19+,49-36+/t45?,46?,47-,48-,50-,51-,52+,53+,54-,55+,56+,57?,58+,59+,61?,63-,64-,65+,66+,67-/m0/s1. The van der Waals surface area contributed by atoms with Crippen LogP contribution in [0.15, 0.2) is 134 Å². The number of allylic oxidation sites excluding steroid dienone is 12. The second-order valence-electron chi connectivity index (χ2n) is 23.1. The lowest BCUT2D eigenvalue weighted by atomic mass is 9.88. The molecule has 488 valence electrons. The number of ketones is 1. The molecule has 2 heterocycles. The first-order valence-corrected chi connectivity index (χ1v) is 30.8. The summed E-state index contributed by atoms with van der Waals surface area (Å²) in [5.74, 6) is -2.68. The zero-order valence-corrected chi connectivity index (χ0v) is 51.2. The van der Waals surface area contributed by atoms with E-state index in [-0.39, 0.29) is 63.7 Å². The minimum absolute atomic E-state index is 0.000868. The van der Waals surface area contributed by atoms with E-state index in [4.69, 9.17) is 19.9 Å². The molecule has 86 heavy (non-hydrogen) atoms. The van der Waals surface area contributed by atoms with Gasteiger partial charge in [-0.3, -0.25) is 9.59 Å². The Morgan fingerprint density at radius 1 is 0.674 bits per heavy atom. The molecule has 0 aromatic rings. The monoisotopic (exact) mass is 1210 g/mol. The first-order valence-electron chi connectivity index (χ1n) is 30.8. The third-order valence-electron chi connectivity index (χ3n) is 15.3. The predicted octanol–water partition coefficient (Wildman–Crippen LogP) is 5.31. The quantitative estimate of drug-likeness (QED) is 0.0774. The number of hydrogen-bond donors (Lipinski definition) is 14. The van der Waals surface area contributed by atoms with Crippen molar-refractivity contribution in [2.24, 2.45) is 23.5 Å². The molecule has 0 amide bonds. The molecule has 0 aliphatic carbocycles. The molecule has 0 saturated carbocycles. The number of carbonyl (C=O) groups excluding carboxylic acids is 2. The second-order valence-corrected chi connectivity index (χ2v) is 23.1. The van der Waals surface area contributed by atoms with Crippen LogP contribution < -0.4 is 5.73 Å². The summed E-state index contributed by atoms with van der Waals surface area (Å²) >= 11 is 0. The highest BCUT2D eigenvalue weighted by Gasteiger charge is 2.44. The Labute approximate surface area is 511 Å². The molecule has 2 rings (SSSR count). The number of nitrogens with two attached hydrogens (primary N) is 1. The van der Waals surface area contributed by atoms with Gasteiger partial charge in [-0.2, -0.15) is 0 Å². The molecule has 0 aromatic heterocycles. The fraction of sp³-hybridized carbons (Fsp3) is 0.642. The number of hydrogen-bond acceptors (Lipinski definition) is 19. The van der Waals surface area contributed by atoms with Gasteiger partial charge >= 0.3 is 5.97 Å². The number of esters is 1. The van der Waals surface area contributed by atoms with Gasteiger partial charge < -0.3 is 86.3 Å². The third kappa shape index (κ3) is 33.8. The number of aliphatic hydroxyl groups is 13. The van der Waals surface area contributed by atoms with Gasteiger partial charge in [0.05, 0.1) is 73.2 Å². The van der Waals surface area contributed by atoms with E-state index >= 15 is 0 Å². The number of Topliss-reactive ketones (excluding diaryl/α,β-unsaturated/α-hetero) is 1. The molecule has 0 aromatic carbocycles. The van der Waals surface area contributed by atoms with Gasteiger partial charge in [0, 0.05) is 43.4 Å². The van der Waals surface area contributed by atoms with Crippen LogP contribution in [0.3, 0.4) is 0 Å². The third-order valence-corrected chi connectivity index (χ3v) is 15.3. The number of carbonyl (C=O) groups is 2. The summed E-state index contributed by atoms with van der Waals surface area (Å²) in [6.45, 7) is 11.1. The van der Waals surface area contributed by atoms with Crippen LogP contribution in [0.1, 0.15) is 143 Å². The number of rotatable bonds is 14. The topological polar surface area (TPSA) is 351 Å². The maximum Gasteiger partial charge on any atom is 0.306 e. The van der Waals surface area contributed by atoms with Crippen molar-refractivity contribution in [2.75, 3.05) is 6.54 Å². The van der Waals surface area contributed by atoms with Crippen molar-refractivity contribution >= 4 is 11.8 Å². The van der Waals surface area contributed by atoms with Crippen LogP contribution in [0.2, 0.25) is 0 Å². The molecule has 1 saturated heterocycles. The van der Waals surface area contributed by atoms with Crippen LogP contribution in [0, 0.1) is 17.8 Å². The van der Waals surface area contributed by atoms with Gasteiger partial charge in [0.15, 0.2) is 6.29 Å². The SMILES string of the molecule is C=CCC/C1=C\CC(O[C@@H]2O[C@@H](C)[C@H](O)[C@@H](O)[C@H]2O)C(C)C(=O)CC(O)C[C@H](O)C[C@H](O)/C=C/C[C@@H](O)C[C@H](O)C[C@@H](O)C[C@@H](/C=C/C[C@@H](O)/C=C/C[C@H](O)CCCN)OC(=O)CC/C=C/C=C/C=C/C=C\C=C\C(C)[C@H](O)[C@@H](C)[C@H](O)/C=C/CC1. The molecule has 1 fully saturated rings. The van der Waals surface area contributed by atoms with E-state index in [1.807, 2.05) is 61.6 Å². The van der Waals surface area contributed by atoms with E-state index in [2.05, 4.69) is 6.58 Å². The summed E-state index contributed by atoms with van der Waals surface area (Å²) in [5, 5.41) is 140. The Morgan fingerprint density at radius 3 is 2.01 bits per heavy atom. The molecule has 4 unspecified atom stereocenters. The van der Waals surface area contributed by atoms with Gasteiger partial charge in [0.2, 0.25) is 0 Å². The minimum Gasteiger partial charge on any atom is -0.458 e. The summed E-state index contributed by atoms with van der Waals surface area (Å²) in [6, 6.07) is 0. The van der Waals surface area contributed by atoms with Crippen molar-refractivity contribution in [1.29, 1.82) is 0 Å². The average molecular weight is 1210 g/mol. The highest BCUT2D eigenvalue weighted by atomic mass is 16.7. The molecule has 0 spiro atoms. The van der Waals surface area contributed by atoms with Crippen molar-refractivity contribution in [3.05, 3.63) is 134 Å². The normalized spacial score (nSPS) is 37.6. The Kier molecular flexibility index (Phi) is 40.7. The number of aliphatic hydroxyl groups excluding tert-OH is 13. The smallest absolute Gasteiger partial charge is 0.306 e. The van der Waals surface area contributed by atoms with E-state index in [0.29, 0.717) is 57.9 Å². The van der Waals surface area contributed by atoms with E-state index in [9.17, 15) is 76.0 Å². The fourth-order valence-electron chi connectivity index (χ4n) is 9.81. The predicted molar refractivity (Wildman–Crippen MR) is 332 cm³/mol. The molecule has 15 N–H and O–H groups in total. The van der Waals surface area contributed by atoms with Crippen LogP contribution in [0.25, 0.3) is 0 Å². The molecule has 19 nitrogen and oxygen atoms in total. The number of ether oxygens (including phenoxy) is 3. The van der Waals surface area contributed by atoms with Gasteiger partial charge in [-0.15, -0.1) is 6.58 Å². The Bertz CT molecular complexity index is 2190. The Hall–Kier alpha value is -4.36. The fourth-order valence-corrected chi connectivity index (χ4v) is 9.81. The molecule has 20 atom stereocenters. The zero-order chi connectivity index (χ0) is 64.0. The molecule has 0 bridgehead atoms. The van der Waals surface area contributed by atoms with E-state index in [0.717, 1.165) is 5.57 Å². The number of cyclic esters (lactones) is 1. The van der Waals surface area contributed by atoms with Crippen LogP contribution in [0.5, 0.6) is 0 Å². The summed E-state index contributed by atoms with van der Waals surface area (Å²) in [5.41, 5.74) is 6.50. The summed E-state index contributed by atoms with van der Waals surface area (Å²) in [6.07, 6.45) is 18.6. The lowest BCUT2D eigenvalue weighted by Crippen LogP contribution is -2.58. The van der Waals surface area contributed by atoms with E-state index in [1.165, 1.54) is 19.1 Å². The van der Waals surface area contributed by atoms with Crippen LogP contribution in [0.4, 0.5) is 0 Å². The molecule has 2 aliphatic rings. The summed E-state index contributed by atoms with van der Waals surface area (Å²) in [7, 11) is 0. The lowest BCUT2D eigenvalue weighted by molar-refractivity contribution is -0.306. The zero-order valence-electron chi connectivity index (χ0n) is 51.2. The minimum atomic E-state index is -1.65. The summed E-state index contributed by atoms with van der Waals surface area (Å²) in [4.78, 5) is 26.8. The van der Waals surface area contributed by atoms with Gasteiger partial charge in [0.25, 0.3) is 0 Å². The van der Waals surface area contributed by atoms with Crippen LogP contribution >= 0.6 is 0 Å². The van der Waals surface area contributed by atoms with Crippen molar-refractivity contribution in [1.82, 2.24) is 0 Å². The largest absolute Gasteiger partial charge is 0.458 e. The van der Waals surface area contributed by atoms with Crippen LogP contribution in [-0.2, 0) is 23.8 Å². The second kappa shape index (κ2) is 45.0. The van der Waals surface area contributed by atoms with E-state index < -0.39 is 134 Å². The first kappa shape index (κ1) is 77.7. The first-order chi connectivity index (χ1) is 40.9. The maximum absolute atomic E-state index is 13.9. The van der Waals surface area contributed by atoms with E-state index in [1.54, 1.807) is 68.5 Å². The molecule has 0 radical (unpaired) electrons. The van der Waals surface area contributed by atoms with Crippen LogP contribution in [-0.4, -0.2) is 189 Å². The van der Waals surface area contributed by atoms with Gasteiger partial charge in [-0.25, -0.2) is 0 Å². The van der Waals surface area contributed by atoms with Gasteiger partial charge in [-0.05, 0) is 109 Å². The molecular formula is C67H107NO18. The summed E-state index contributed by atoms with van der Waals surface area (Å²) < 4.78 is 17.7. The van der Waals surface area contributed by atoms with Crippen molar-refractivity contribution in [2.45, 2.75) is 247 Å². The Balaban J connectivity index is 2.33. The van der Waals surface area contributed by atoms with Gasteiger partial charge in [-0.1, -0.05) is 142 Å². The van der Waals surface area contributed by atoms with Crippen molar-refractivity contribution in [3.8, 4) is 0 Å². The molecular weight excluding hydrogens is 1110 g/mol. The molecule has 2 aliphatic heterocycles. The van der Waals surface area contributed by atoms with Crippen molar-refractivity contribution in [3.63, 3.8) is 0 Å². The van der Waals surface area contributed by atoms with Gasteiger partial charge in [0.1, 0.15) is 30.2 Å². The lowest BCUT2D eigenvalue weighted by Gasteiger charge is -2.41. The highest BCUT2D eigenvalue weighted by molar-refractivity contribution is 5.81. The average Bonchev–Trinajstić information content (AvgIpc) is 2.13. The maximum atomic E-state index is 13.9. The Morgan fingerprint density at radius 2 is 1.31 bits per heavy atom.